The zero-order chi connectivity index (χ0) is 63.8. The summed E-state index contributed by atoms with van der Waals surface area (Å²) in [7, 11) is 0. The second kappa shape index (κ2) is 18.7. The van der Waals surface area contributed by atoms with Gasteiger partial charge in [0.05, 0.1) is 31.9 Å². The fourth-order valence-electron chi connectivity index (χ4n) is 8.09. The molecule has 0 fully saturated rings. The fourth-order valence-corrected chi connectivity index (χ4v) is 8.09. The third kappa shape index (κ3) is 9.69. The minimum absolute atomic E-state index is 0. The number of aromatic nitrogens is 3. The zero-order valence-electron chi connectivity index (χ0n) is 58.8. The number of fused-ring (bicyclic) bond motifs is 1. The molecule has 0 atom stereocenters. The third-order valence-electron chi connectivity index (χ3n) is 13.2. The van der Waals surface area contributed by atoms with Crippen molar-refractivity contribution in [3.63, 3.8) is 0 Å². The summed E-state index contributed by atoms with van der Waals surface area (Å²) < 4.78 is 159. The van der Waals surface area contributed by atoms with Crippen LogP contribution < -0.4 is 0 Å². The van der Waals surface area contributed by atoms with Gasteiger partial charge in [-0.05, 0) is 103 Å². The molecule has 0 bridgehead atoms. The van der Waals surface area contributed by atoms with Gasteiger partial charge >= 0.3 is 0 Å². The molecule has 0 unspecified atom stereocenters. The molecule has 0 spiro atoms. The first-order chi connectivity index (χ1) is 38.7. The maximum absolute atomic E-state index is 12.5. The fraction of sp³-hybridized carbons (Fsp3) is 0.333. The van der Waals surface area contributed by atoms with E-state index in [1.807, 2.05) is 86.0 Å². The summed E-state index contributed by atoms with van der Waals surface area (Å²) in [6.07, 6.45) is -0.774. The Bertz CT molecular complexity index is 3900. The van der Waals surface area contributed by atoms with E-state index in [1.165, 1.54) is 0 Å². The van der Waals surface area contributed by atoms with Gasteiger partial charge in [-0.15, -0.1) is 29.3 Å². The van der Waals surface area contributed by atoms with Crippen molar-refractivity contribution in [1.82, 2.24) is 14.5 Å². The molecule has 5 heteroatoms. The van der Waals surface area contributed by atoms with E-state index in [9.17, 15) is 12.0 Å². The van der Waals surface area contributed by atoms with Crippen molar-refractivity contribution < 1.29 is 50.8 Å². The quantitative estimate of drug-likeness (QED) is 0.147. The summed E-state index contributed by atoms with van der Waals surface area (Å²) in [5.41, 5.74) is -0.992. The van der Waals surface area contributed by atoms with Crippen molar-refractivity contribution in [2.45, 2.75) is 132 Å². The van der Waals surface area contributed by atoms with Gasteiger partial charge in [-0.1, -0.05) is 200 Å². The number of benzene rings is 6. The first-order valence-electron chi connectivity index (χ1n) is 31.5. The summed E-state index contributed by atoms with van der Waals surface area (Å²) in [4.78, 5) is 9.85. The Hall–Kier alpha value is -5.57. The van der Waals surface area contributed by atoms with Crippen LogP contribution in [0.3, 0.4) is 0 Å². The van der Waals surface area contributed by atoms with Crippen LogP contribution in [0.4, 0.5) is 0 Å². The molecule has 0 amide bonds. The van der Waals surface area contributed by atoms with Gasteiger partial charge in [0.1, 0.15) is 11.6 Å². The van der Waals surface area contributed by atoms with Crippen molar-refractivity contribution in [2.75, 3.05) is 0 Å². The Labute approximate surface area is 446 Å². The maximum Gasteiger partial charge on any atom is 0.148 e. The van der Waals surface area contributed by atoms with Crippen LogP contribution in [0, 0.1) is 11.5 Å². The molecule has 0 aliphatic heterocycles. The number of hydrogen-bond acceptors (Lipinski definition) is 3. The SMILES string of the molecule is [2H]c1nc(-c2[c-]c(-c3cccc4c3nc(-c3cc(C([2H])(C)C)cc(C([2H])(C)C)c3O)n4-c3ccc(C(C)(C)C(C)(C)C)cc3-c3ccccc3)cc(C(C)(C)C)c2)c([2H])c(-c2c([2H])c([2H])c(C(C([2H])([2H])[2H])(C([2H])([2H])[2H])C([2H])([2H])[2H])c([2H])c2[2H])c1[2H].[Pt]. The molecule has 0 saturated carbocycles. The molecule has 8 rings (SSSR count). The topological polar surface area (TPSA) is 50.9 Å². The van der Waals surface area contributed by atoms with E-state index in [4.69, 9.17) is 22.8 Å². The molecule has 0 aliphatic rings. The number of nitrogens with zero attached hydrogens (tertiary/aromatic N) is 3. The number of phenols is 1. The number of hydrogen-bond donors (Lipinski definition) is 1. The summed E-state index contributed by atoms with van der Waals surface area (Å²) >= 11 is 0. The van der Waals surface area contributed by atoms with Crippen molar-refractivity contribution in [3.05, 3.63) is 167 Å². The van der Waals surface area contributed by atoms with E-state index >= 15 is 0 Å². The van der Waals surface area contributed by atoms with E-state index in [2.05, 4.69) is 57.8 Å². The van der Waals surface area contributed by atoms with Crippen molar-refractivity contribution in [2.24, 2.45) is 5.41 Å². The van der Waals surface area contributed by atoms with Gasteiger partial charge in [-0.25, -0.2) is 4.98 Å². The van der Waals surface area contributed by atoms with Crippen LogP contribution in [0.2, 0.25) is 0 Å². The summed E-state index contributed by atoms with van der Waals surface area (Å²) in [5.74, 6) is -2.43. The van der Waals surface area contributed by atoms with E-state index in [0.29, 0.717) is 39.0 Å². The predicted octanol–water partition coefficient (Wildman–Crippen LogP) is 17.4. The molecule has 0 aliphatic carbocycles. The first kappa shape index (κ1) is 31.5. The molecule has 0 saturated heterocycles. The number of imidazole rings is 1. The average molecular weight is 1100 g/mol. The molecule has 1 N–H and O–H groups in total. The number of pyridine rings is 1. The second-order valence-corrected chi connectivity index (χ2v) is 20.5. The van der Waals surface area contributed by atoms with Crippen LogP contribution in [0.15, 0.2) is 133 Å². The smallest absolute Gasteiger partial charge is 0.148 e. The minimum atomic E-state index is -3.94. The van der Waals surface area contributed by atoms with E-state index in [-0.39, 0.29) is 65.9 Å². The van der Waals surface area contributed by atoms with Crippen molar-refractivity contribution >= 4 is 11.0 Å². The van der Waals surface area contributed by atoms with Crippen LogP contribution in [0.1, 0.15) is 168 Å². The maximum atomic E-state index is 12.5. The van der Waals surface area contributed by atoms with E-state index in [1.54, 1.807) is 45.9 Å². The van der Waals surface area contributed by atoms with Gasteiger partial charge < -0.3 is 5.11 Å². The Kier molecular flexibility index (Phi) is 8.69. The number of aromatic hydroxyl groups is 1. The molecule has 2 heterocycles. The van der Waals surface area contributed by atoms with Gasteiger partial charge in [-0.2, -0.15) is 0 Å². The summed E-state index contributed by atoms with van der Waals surface area (Å²) in [5, 5.41) is 12.5. The number of para-hydroxylation sites is 1. The van der Waals surface area contributed by atoms with Gasteiger partial charge in [0.25, 0.3) is 0 Å². The number of rotatable bonds is 9. The van der Waals surface area contributed by atoms with Crippen LogP contribution in [-0.4, -0.2) is 19.6 Å². The summed E-state index contributed by atoms with van der Waals surface area (Å²) in [6.45, 7) is 11.8. The molecule has 8 aromatic rings. The zero-order valence-corrected chi connectivity index (χ0v) is 43.0. The molecular weight excluding hydrogens is 1010 g/mol. The Balaban J connectivity index is 0.0000106. The monoisotopic (exact) mass is 1100 g/mol. The molecule has 4 nitrogen and oxygen atoms in total. The van der Waals surface area contributed by atoms with Crippen molar-refractivity contribution in [3.8, 4) is 67.5 Å². The normalized spacial score (nSPS) is 17.2. The van der Waals surface area contributed by atoms with Gasteiger partial charge in [0.15, 0.2) is 0 Å². The van der Waals surface area contributed by atoms with E-state index < -0.39 is 102 Å². The Morgan fingerprint density at radius 3 is 1.97 bits per heavy atom. The average Bonchev–Trinajstić information content (AvgIpc) is 0.750. The molecular formula is C63H70N3OPt-. The van der Waals surface area contributed by atoms with Crippen LogP contribution >= 0.6 is 0 Å². The van der Waals surface area contributed by atoms with Gasteiger partial charge in [-0.3, -0.25) is 9.55 Å². The standard InChI is InChI=1S/C63H70N3O.Pt/c1-39(2)44-35-51(40(3)4)58(67)53(36-44)59-65-57-50(22-19-23-56(57)66(59)55-29-28-48(63(14,15)62(11,12)13)38-52(55)42-20-17-16-18-21-42)45-32-46(34-49(33-45)61(8,9)10)54-37-43(30-31-64-54)41-24-26-47(27-25-41)60(5,6)7;/h16-31,33-40,67H,1-15H3;/q-1;/i5D3,6D3,7D3,24D,25D,26D,27D,30D,31D,37D,39D,40D;. The largest absolute Gasteiger partial charge is 0.507 e. The molecule has 354 valence electrons. The van der Waals surface area contributed by atoms with Crippen molar-refractivity contribution in [1.29, 1.82) is 0 Å². The first-order valence-corrected chi connectivity index (χ1v) is 22.5. The molecule has 0 radical (unpaired) electrons. The third-order valence-corrected chi connectivity index (χ3v) is 13.2. The van der Waals surface area contributed by atoms with Gasteiger partial charge in [0, 0.05) is 53.6 Å². The van der Waals surface area contributed by atoms with Crippen LogP contribution in [-0.2, 0) is 37.3 Å². The second-order valence-electron chi connectivity index (χ2n) is 20.5. The Morgan fingerprint density at radius 2 is 1.34 bits per heavy atom. The minimum Gasteiger partial charge on any atom is -0.507 e. The molecule has 68 heavy (non-hydrogen) atoms. The van der Waals surface area contributed by atoms with E-state index in [0.717, 1.165) is 16.7 Å². The van der Waals surface area contributed by atoms with Gasteiger partial charge in [0.2, 0.25) is 0 Å². The molecule has 2 aromatic heterocycles. The van der Waals surface area contributed by atoms with Crippen LogP contribution in [0.5, 0.6) is 5.75 Å². The summed E-state index contributed by atoms with van der Waals surface area (Å²) in [6, 6.07) is 25.7. The molecule has 6 aromatic carbocycles. The number of phenolic OH excluding ortho intramolecular Hbond substituents is 1. The Morgan fingerprint density at radius 1 is 0.647 bits per heavy atom. The predicted molar refractivity (Wildman–Crippen MR) is 285 cm³/mol. The van der Waals surface area contributed by atoms with Crippen LogP contribution in [0.25, 0.3) is 72.7 Å².